The topological polar surface area (TPSA) is 93.1 Å². The summed E-state index contributed by atoms with van der Waals surface area (Å²) in [6.45, 7) is -0.0506. The van der Waals surface area contributed by atoms with E-state index < -0.39 is 0 Å². The summed E-state index contributed by atoms with van der Waals surface area (Å²) in [6, 6.07) is 13.6. The minimum atomic E-state index is -0.310. The van der Waals surface area contributed by atoms with Crippen LogP contribution in [0.5, 0.6) is 0 Å². The van der Waals surface area contributed by atoms with Crippen molar-refractivity contribution >= 4 is 28.4 Å². The van der Waals surface area contributed by atoms with Crippen molar-refractivity contribution in [3.8, 4) is 0 Å². The van der Waals surface area contributed by atoms with Crippen LogP contribution >= 0.6 is 0 Å². The standard InChI is InChI=1S/C18H16N4O3/c1-19-18(25)12-5-4-6-13(9-12)21-17(24)11-22-15-8-3-2-7-14(15)16(23)10-20-22/h2-10H,11H2,1H3,(H,19,25)(H,21,24). The Bertz CT molecular complexity index is 1010. The van der Waals surface area contributed by atoms with Gasteiger partial charge in [-0.2, -0.15) is 5.10 Å². The molecule has 0 fully saturated rings. The van der Waals surface area contributed by atoms with Gasteiger partial charge in [-0.1, -0.05) is 18.2 Å². The number of amides is 2. The number of anilines is 1. The molecule has 0 saturated heterocycles. The molecule has 1 heterocycles. The number of hydrogen-bond acceptors (Lipinski definition) is 4. The zero-order chi connectivity index (χ0) is 17.8. The second-order valence-electron chi connectivity index (χ2n) is 5.39. The average molecular weight is 336 g/mol. The summed E-state index contributed by atoms with van der Waals surface area (Å²) in [5.74, 6) is -0.542. The van der Waals surface area contributed by atoms with Gasteiger partial charge in [-0.05, 0) is 30.3 Å². The van der Waals surface area contributed by atoms with E-state index >= 15 is 0 Å². The van der Waals surface area contributed by atoms with Gasteiger partial charge in [0.05, 0.1) is 11.7 Å². The molecule has 0 bridgehead atoms. The molecule has 0 aliphatic rings. The van der Waals surface area contributed by atoms with Crippen molar-refractivity contribution in [2.75, 3.05) is 12.4 Å². The van der Waals surface area contributed by atoms with E-state index in [0.717, 1.165) is 0 Å². The minimum Gasteiger partial charge on any atom is -0.355 e. The van der Waals surface area contributed by atoms with Gasteiger partial charge in [0.2, 0.25) is 11.3 Å². The molecule has 0 atom stereocenters. The molecule has 7 nitrogen and oxygen atoms in total. The summed E-state index contributed by atoms with van der Waals surface area (Å²) in [7, 11) is 1.54. The Labute approximate surface area is 143 Å². The monoisotopic (exact) mass is 336 g/mol. The Hall–Kier alpha value is -3.48. The van der Waals surface area contributed by atoms with E-state index in [0.29, 0.717) is 22.2 Å². The fourth-order valence-corrected chi connectivity index (χ4v) is 2.51. The lowest BCUT2D eigenvalue weighted by atomic mass is 10.2. The smallest absolute Gasteiger partial charge is 0.251 e. The number of benzene rings is 2. The van der Waals surface area contributed by atoms with Crippen molar-refractivity contribution < 1.29 is 9.59 Å². The lowest BCUT2D eigenvalue weighted by Gasteiger charge is -2.10. The summed E-state index contributed by atoms with van der Waals surface area (Å²) in [4.78, 5) is 35.8. The van der Waals surface area contributed by atoms with E-state index in [1.807, 2.05) is 0 Å². The third-order valence-corrected chi connectivity index (χ3v) is 3.69. The molecule has 0 unspecified atom stereocenters. The van der Waals surface area contributed by atoms with Gasteiger partial charge in [-0.15, -0.1) is 0 Å². The van der Waals surface area contributed by atoms with Gasteiger partial charge >= 0.3 is 0 Å². The quantitative estimate of drug-likeness (QED) is 0.753. The third kappa shape index (κ3) is 3.55. The van der Waals surface area contributed by atoms with Gasteiger partial charge in [-0.3, -0.25) is 19.1 Å². The molecular weight excluding hydrogens is 320 g/mol. The number of carbonyl (C=O) groups excluding carboxylic acids is 2. The highest BCUT2D eigenvalue weighted by Gasteiger charge is 2.10. The second kappa shape index (κ2) is 6.96. The molecule has 0 spiro atoms. The maximum Gasteiger partial charge on any atom is 0.251 e. The van der Waals surface area contributed by atoms with E-state index in [9.17, 15) is 14.4 Å². The van der Waals surface area contributed by atoms with E-state index in [1.165, 1.54) is 10.9 Å². The molecule has 3 rings (SSSR count). The van der Waals surface area contributed by atoms with Crippen molar-refractivity contribution in [1.82, 2.24) is 15.1 Å². The molecule has 25 heavy (non-hydrogen) atoms. The lowest BCUT2D eigenvalue weighted by molar-refractivity contribution is -0.116. The van der Waals surface area contributed by atoms with Gasteiger partial charge < -0.3 is 10.6 Å². The van der Waals surface area contributed by atoms with Crippen LogP contribution in [0.3, 0.4) is 0 Å². The van der Waals surface area contributed by atoms with Crippen molar-refractivity contribution in [3.05, 3.63) is 70.5 Å². The molecular formula is C18H16N4O3. The number of carbonyl (C=O) groups is 2. The van der Waals surface area contributed by atoms with E-state index in [4.69, 9.17) is 0 Å². The number of fused-ring (bicyclic) bond motifs is 1. The number of nitrogens with zero attached hydrogens (tertiary/aromatic N) is 2. The van der Waals surface area contributed by atoms with Crippen LogP contribution in [-0.4, -0.2) is 28.6 Å². The Kier molecular flexibility index (Phi) is 4.56. The second-order valence-corrected chi connectivity index (χ2v) is 5.39. The normalized spacial score (nSPS) is 10.4. The van der Waals surface area contributed by atoms with Gasteiger partial charge in [0, 0.05) is 23.7 Å². The molecule has 0 radical (unpaired) electrons. The fraction of sp³-hybridized carbons (Fsp3) is 0.111. The Balaban J connectivity index is 1.81. The number of rotatable bonds is 4. The Morgan fingerprint density at radius 1 is 1.12 bits per heavy atom. The van der Waals surface area contributed by atoms with Crippen LogP contribution < -0.4 is 16.1 Å². The summed E-state index contributed by atoms with van der Waals surface area (Å²) >= 11 is 0. The SMILES string of the molecule is CNC(=O)c1cccc(NC(=O)Cn2ncc(=O)c3ccccc32)c1. The number of hydrogen-bond donors (Lipinski definition) is 2. The first kappa shape index (κ1) is 16.4. The molecule has 3 aromatic rings. The van der Waals surface area contributed by atoms with Crippen molar-refractivity contribution in [3.63, 3.8) is 0 Å². The molecule has 0 aliphatic carbocycles. The van der Waals surface area contributed by atoms with Gasteiger partial charge in [-0.25, -0.2) is 0 Å². The van der Waals surface area contributed by atoms with Crippen LogP contribution in [0.4, 0.5) is 5.69 Å². The van der Waals surface area contributed by atoms with E-state index in [2.05, 4.69) is 15.7 Å². The number of aromatic nitrogens is 2. The van der Waals surface area contributed by atoms with E-state index in [1.54, 1.807) is 55.6 Å². The van der Waals surface area contributed by atoms with Crippen LogP contribution in [0.2, 0.25) is 0 Å². The maximum absolute atomic E-state index is 12.3. The first-order valence-electron chi connectivity index (χ1n) is 7.65. The Morgan fingerprint density at radius 3 is 2.72 bits per heavy atom. The van der Waals surface area contributed by atoms with Crippen molar-refractivity contribution in [2.24, 2.45) is 0 Å². The fourth-order valence-electron chi connectivity index (χ4n) is 2.51. The largest absolute Gasteiger partial charge is 0.355 e. The maximum atomic E-state index is 12.3. The average Bonchev–Trinajstić information content (AvgIpc) is 2.64. The van der Waals surface area contributed by atoms with Crippen molar-refractivity contribution in [2.45, 2.75) is 6.54 Å². The molecule has 0 saturated carbocycles. The highest BCUT2D eigenvalue weighted by molar-refractivity contribution is 5.97. The van der Waals surface area contributed by atoms with Gasteiger partial charge in [0.1, 0.15) is 6.54 Å². The van der Waals surface area contributed by atoms with Crippen LogP contribution in [-0.2, 0) is 11.3 Å². The highest BCUT2D eigenvalue weighted by atomic mass is 16.2. The van der Waals surface area contributed by atoms with Gasteiger partial charge in [0.15, 0.2) is 0 Å². The highest BCUT2D eigenvalue weighted by Crippen LogP contribution is 2.12. The summed E-state index contributed by atoms with van der Waals surface area (Å²) in [6.07, 6.45) is 1.20. The lowest BCUT2D eigenvalue weighted by Crippen LogP contribution is -2.23. The molecule has 2 N–H and O–H groups in total. The van der Waals surface area contributed by atoms with Crippen LogP contribution in [0.1, 0.15) is 10.4 Å². The van der Waals surface area contributed by atoms with Crippen molar-refractivity contribution in [1.29, 1.82) is 0 Å². The predicted octanol–water partition coefficient (Wildman–Crippen LogP) is 1.39. The number of nitrogens with one attached hydrogen (secondary N) is 2. The number of para-hydroxylation sites is 1. The zero-order valence-corrected chi connectivity index (χ0v) is 13.5. The third-order valence-electron chi connectivity index (χ3n) is 3.69. The molecule has 2 amide bonds. The van der Waals surface area contributed by atoms with Crippen LogP contribution in [0.25, 0.3) is 10.9 Å². The summed E-state index contributed by atoms with van der Waals surface area (Å²) in [5, 5.41) is 9.80. The zero-order valence-electron chi connectivity index (χ0n) is 13.5. The van der Waals surface area contributed by atoms with E-state index in [-0.39, 0.29) is 23.8 Å². The molecule has 0 aliphatic heterocycles. The van der Waals surface area contributed by atoms with Crippen LogP contribution in [0.15, 0.2) is 59.5 Å². The molecule has 7 heteroatoms. The molecule has 1 aromatic heterocycles. The first-order chi connectivity index (χ1) is 12.1. The Morgan fingerprint density at radius 2 is 1.92 bits per heavy atom. The molecule has 126 valence electrons. The minimum absolute atomic E-state index is 0.0506. The first-order valence-corrected chi connectivity index (χ1v) is 7.65. The van der Waals surface area contributed by atoms with Gasteiger partial charge in [0.25, 0.3) is 5.91 Å². The predicted molar refractivity (Wildman–Crippen MR) is 94.5 cm³/mol. The van der Waals surface area contributed by atoms with Crippen LogP contribution in [0, 0.1) is 0 Å². The molecule has 2 aromatic carbocycles. The summed E-state index contributed by atoms with van der Waals surface area (Å²) < 4.78 is 1.47. The summed E-state index contributed by atoms with van der Waals surface area (Å²) in [5.41, 5.74) is 1.36.